The maximum atomic E-state index is 12.2. The van der Waals surface area contributed by atoms with E-state index in [9.17, 15) is 9.59 Å². The van der Waals surface area contributed by atoms with E-state index in [2.05, 4.69) is 17.6 Å². The van der Waals surface area contributed by atoms with Crippen molar-refractivity contribution in [2.45, 2.75) is 52.2 Å². The molecular formula is C17H27N3O2S. The number of rotatable bonds is 6. The van der Waals surface area contributed by atoms with Gasteiger partial charge in [-0.05, 0) is 30.7 Å². The number of hydrogen-bond acceptors (Lipinski definition) is 4. The summed E-state index contributed by atoms with van der Waals surface area (Å²) >= 11 is 1.65. The van der Waals surface area contributed by atoms with E-state index < -0.39 is 0 Å². The fourth-order valence-electron chi connectivity index (χ4n) is 3.09. The highest BCUT2D eigenvalue weighted by molar-refractivity contribution is 7.09. The molecule has 2 N–H and O–H groups in total. The van der Waals surface area contributed by atoms with Gasteiger partial charge in [0.15, 0.2) is 0 Å². The van der Waals surface area contributed by atoms with Crippen molar-refractivity contribution in [2.24, 2.45) is 5.92 Å². The van der Waals surface area contributed by atoms with Crippen LogP contribution in [-0.2, 0) is 16.1 Å². The fourth-order valence-corrected chi connectivity index (χ4v) is 3.73. The molecular weight excluding hydrogens is 310 g/mol. The van der Waals surface area contributed by atoms with E-state index in [1.807, 2.05) is 29.3 Å². The maximum absolute atomic E-state index is 12.2. The van der Waals surface area contributed by atoms with Crippen molar-refractivity contribution in [3.05, 3.63) is 22.4 Å². The number of carbonyl (C=O) groups excluding carboxylic acids is 2. The first kappa shape index (κ1) is 17.9. The van der Waals surface area contributed by atoms with Crippen molar-refractivity contribution in [1.29, 1.82) is 0 Å². The molecule has 2 heterocycles. The zero-order valence-electron chi connectivity index (χ0n) is 14.2. The molecule has 1 aromatic heterocycles. The Morgan fingerprint density at radius 1 is 1.48 bits per heavy atom. The first-order valence-electron chi connectivity index (χ1n) is 8.33. The Kier molecular flexibility index (Phi) is 6.59. The Morgan fingerprint density at radius 2 is 2.26 bits per heavy atom. The third-order valence-electron chi connectivity index (χ3n) is 4.58. The summed E-state index contributed by atoms with van der Waals surface area (Å²) in [6.07, 6.45) is 1.91. The van der Waals surface area contributed by atoms with Crippen molar-refractivity contribution in [3.63, 3.8) is 0 Å². The summed E-state index contributed by atoms with van der Waals surface area (Å²) in [5.74, 6) is 0.575. The predicted octanol–water partition coefficient (Wildman–Crippen LogP) is 1.99. The molecule has 0 spiro atoms. The van der Waals surface area contributed by atoms with Crippen LogP contribution in [0.1, 0.15) is 38.5 Å². The molecule has 3 atom stereocenters. The van der Waals surface area contributed by atoms with Crippen molar-refractivity contribution in [1.82, 2.24) is 15.5 Å². The average molecular weight is 337 g/mol. The van der Waals surface area contributed by atoms with Crippen LogP contribution in [0.15, 0.2) is 17.5 Å². The minimum Gasteiger partial charge on any atom is -0.350 e. The minimum atomic E-state index is -0.224. The van der Waals surface area contributed by atoms with Gasteiger partial charge in [-0.3, -0.25) is 9.59 Å². The Labute approximate surface area is 142 Å². The zero-order valence-corrected chi connectivity index (χ0v) is 15.0. The van der Waals surface area contributed by atoms with E-state index in [0.29, 0.717) is 12.5 Å². The number of likely N-dealkylation sites (tertiary alicyclic amines) is 1. The van der Waals surface area contributed by atoms with Crippen LogP contribution in [0.4, 0.5) is 0 Å². The van der Waals surface area contributed by atoms with Crippen LogP contribution < -0.4 is 10.6 Å². The van der Waals surface area contributed by atoms with E-state index in [0.717, 1.165) is 30.8 Å². The normalized spacial score (nSPS) is 22.7. The number of amides is 2. The van der Waals surface area contributed by atoms with Crippen molar-refractivity contribution in [3.8, 4) is 0 Å². The molecule has 1 aliphatic rings. The third kappa shape index (κ3) is 5.04. The molecule has 128 valence electrons. The number of piperidine rings is 1. The standard InChI is InChI=1S/C17H27N3O2S/c1-4-14-11-20(13(3)21)8-7-16(14)19-12(2)17(22)18-10-15-6-5-9-23-15/h5-6,9,12,14,16,19H,4,7-8,10-11H2,1-3H3,(H,18,22)/t12-,14-,16+/m1/s1. The van der Waals surface area contributed by atoms with Crippen molar-refractivity contribution >= 4 is 23.2 Å². The number of carbonyl (C=O) groups is 2. The van der Waals surface area contributed by atoms with Gasteiger partial charge in [0.05, 0.1) is 12.6 Å². The van der Waals surface area contributed by atoms with Gasteiger partial charge in [0, 0.05) is 30.9 Å². The lowest BCUT2D eigenvalue weighted by molar-refractivity contribution is -0.131. The Bertz CT molecular complexity index is 518. The molecule has 23 heavy (non-hydrogen) atoms. The van der Waals surface area contributed by atoms with Gasteiger partial charge in [0.2, 0.25) is 11.8 Å². The minimum absolute atomic E-state index is 0.0299. The molecule has 2 amide bonds. The van der Waals surface area contributed by atoms with Gasteiger partial charge in [-0.15, -0.1) is 11.3 Å². The van der Waals surface area contributed by atoms with Crippen LogP contribution in [0.3, 0.4) is 0 Å². The number of nitrogens with one attached hydrogen (secondary N) is 2. The molecule has 0 bridgehead atoms. The lowest BCUT2D eigenvalue weighted by Crippen LogP contribution is -2.55. The largest absolute Gasteiger partial charge is 0.350 e. The van der Waals surface area contributed by atoms with Gasteiger partial charge in [0.25, 0.3) is 0 Å². The third-order valence-corrected chi connectivity index (χ3v) is 5.45. The van der Waals surface area contributed by atoms with Crippen LogP contribution in [0, 0.1) is 5.92 Å². The molecule has 5 nitrogen and oxygen atoms in total. The first-order valence-corrected chi connectivity index (χ1v) is 9.20. The predicted molar refractivity (Wildman–Crippen MR) is 93.2 cm³/mol. The van der Waals surface area contributed by atoms with Crippen LogP contribution in [-0.4, -0.2) is 41.9 Å². The van der Waals surface area contributed by atoms with E-state index in [-0.39, 0.29) is 23.9 Å². The lowest BCUT2D eigenvalue weighted by atomic mass is 9.89. The summed E-state index contributed by atoms with van der Waals surface area (Å²) in [6.45, 7) is 7.82. The Balaban J connectivity index is 1.82. The zero-order chi connectivity index (χ0) is 16.8. The summed E-state index contributed by atoms with van der Waals surface area (Å²) < 4.78 is 0. The van der Waals surface area contributed by atoms with Crippen molar-refractivity contribution in [2.75, 3.05) is 13.1 Å². The highest BCUT2D eigenvalue weighted by Gasteiger charge is 2.30. The molecule has 1 aliphatic heterocycles. The molecule has 0 aliphatic carbocycles. The summed E-state index contributed by atoms with van der Waals surface area (Å²) in [4.78, 5) is 26.9. The van der Waals surface area contributed by atoms with Gasteiger partial charge in [-0.2, -0.15) is 0 Å². The molecule has 0 saturated carbocycles. The monoisotopic (exact) mass is 337 g/mol. The molecule has 2 rings (SSSR count). The second kappa shape index (κ2) is 8.45. The topological polar surface area (TPSA) is 61.4 Å². The number of hydrogen-bond donors (Lipinski definition) is 2. The molecule has 1 fully saturated rings. The van der Waals surface area contributed by atoms with E-state index in [1.165, 1.54) is 0 Å². The molecule has 1 aromatic rings. The fraction of sp³-hybridized carbons (Fsp3) is 0.647. The highest BCUT2D eigenvalue weighted by Crippen LogP contribution is 2.21. The van der Waals surface area contributed by atoms with Gasteiger partial charge in [0.1, 0.15) is 0 Å². The van der Waals surface area contributed by atoms with E-state index in [1.54, 1.807) is 18.3 Å². The molecule has 0 radical (unpaired) electrons. The quantitative estimate of drug-likeness (QED) is 0.834. The van der Waals surface area contributed by atoms with E-state index in [4.69, 9.17) is 0 Å². The first-order chi connectivity index (χ1) is 11.0. The number of thiophene rings is 1. The van der Waals surface area contributed by atoms with Crippen molar-refractivity contribution < 1.29 is 9.59 Å². The van der Waals surface area contributed by atoms with Gasteiger partial charge in [-0.1, -0.05) is 19.4 Å². The summed E-state index contributed by atoms with van der Waals surface area (Å²) in [5.41, 5.74) is 0. The molecule has 6 heteroatoms. The summed E-state index contributed by atoms with van der Waals surface area (Å²) in [7, 11) is 0. The van der Waals surface area contributed by atoms with Crippen LogP contribution in [0.2, 0.25) is 0 Å². The highest BCUT2D eigenvalue weighted by atomic mass is 32.1. The van der Waals surface area contributed by atoms with Gasteiger partial charge >= 0.3 is 0 Å². The average Bonchev–Trinajstić information content (AvgIpc) is 3.06. The SMILES string of the molecule is CC[C@@H]1CN(C(C)=O)CC[C@@H]1N[C@H](C)C(=O)NCc1cccs1. The molecule has 0 aromatic carbocycles. The lowest BCUT2D eigenvalue weighted by Gasteiger charge is -2.39. The molecule has 1 saturated heterocycles. The Hall–Kier alpha value is -1.40. The molecule has 0 unspecified atom stereocenters. The maximum Gasteiger partial charge on any atom is 0.237 e. The summed E-state index contributed by atoms with van der Waals surface area (Å²) in [6, 6.07) is 4.08. The second-order valence-electron chi connectivity index (χ2n) is 6.21. The Morgan fingerprint density at radius 3 is 2.87 bits per heavy atom. The summed E-state index contributed by atoms with van der Waals surface area (Å²) in [5, 5.41) is 8.45. The second-order valence-corrected chi connectivity index (χ2v) is 7.25. The van der Waals surface area contributed by atoms with Gasteiger partial charge in [-0.25, -0.2) is 0 Å². The van der Waals surface area contributed by atoms with E-state index >= 15 is 0 Å². The van der Waals surface area contributed by atoms with Crippen LogP contribution in [0.25, 0.3) is 0 Å². The van der Waals surface area contributed by atoms with Crippen LogP contribution >= 0.6 is 11.3 Å². The smallest absolute Gasteiger partial charge is 0.237 e. The van der Waals surface area contributed by atoms with Gasteiger partial charge < -0.3 is 15.5 Å². The van der Waals surface area contributed by atoms with Crippen LogP contribution in [0.5, 0.6) is 0 Å². The number of nitrogens with zero attached hydrogens (tertiary/aromatic N) is 1.